The maximum atomic E-state index is 11.6. The molecule has 2 atom stereocenters. The van der Waals surface area contributed by atoms with E-state index in [4.69, 9.17) is 15.3 Å². The van der Waals surface area contributed by atoms with Gasteiger partial charge in [0.25, 0.3) is 11.3 Å². The minimum Gasteiger partial charge on any atom is -0.322 e. The number of fused-ring (bicyclic) bond motifs is 1. The Labute approximate surface area is 108 Å². The van der Waals surface area contributed by atoms with Crippen molar-refractivity contribution >= 4 is 17.0 Å². The molecule has 1 aromatic rings. The predicted molar refractivity (Wildman–Crippen MR) is 68.3 cm³/mol. The van der Waals surface area contributed by atoms with Crippen LogP contribution in [0.4, 0.5) is 5.69 Å². The van der Waals surface area contributed by atoms with Gasteiger partial charge >= 0.3 is 0 Å². The Morgan fingerprint density at radius 1 is 1.61 bits per heavy atom. The predicted octanol–water partition coefficient (Wildman–Crippen LogP) is 0.450. The number of nitriles is 1. The van der Waals surface area contributed by atoms with E-state index < -0.39 is 11.3 Å². The number of rotatable bonds is 3. The molecule has 0 aliphatic carbocycles. The summed E-state index contributed by atoms with van der Waals surface area (Å²) in [6, 6.07) is 7.07. The van der Waals surface area contributed by atoms with Gasteiger partial charge in [-0.25, -0.2) is 13.6 Å². The molecule has 1 heterocycles. The van der Waals surface area contributed by atoms with Crippen LogP contribution in [0.2, 0.25) is 0 Å². The molecule has 96 valence electrons. The van der Waals surface area contributed by atoms with Crippen LogP contribution in [0.3, 0.4) is 0 Å². The first-order chi connectivity index (χ1) is 8.52. The van der Waals surface area contributed by atoms with Gasteiger partial charge in [-0.3, -0.25) is 0 Å². The molecule has 0 spiro atoms. The van der Waals surface area contributed by atoms with Crippen molar-refractivity contribution in [1.29, 1.82) is 5.26 Å². The number of nitrogens with zero attached hydrogens (tertiary/aromatic N) is 3. The van der Waals surface area contributed by atoms with Crippen molar-refractivity contribution in [3.8, 4) is 6.07 Å². The van der Waals surface area contributed by atoms with Crippen LogP contribution in [0.15, 0.2) is 18.2 Å². The van der Waals surface area contributed by atoms with Crippen LogP contribution < -0.4 is 10.8 Å². The molecule has 2 rings (SSSR count). The van der Waals surface area contributed by atoms with Gasteiger partial charge < -0.3 is 5.73 Å². The molecule has 0 fully saturated rings. The molecule has 1 aromatic carbocycles. The van der Waals surface area contributed by atoms with E-state index in [9.17, 15) is 4.21 Å². The van der Waals surface area contributed by atoms with Gasteiger partial charge in [-0.05, 0) is 17.7 Å². The second-order valence-corrected chi connectivity index (χ2v) is 5.47. The van der Waals surface area contributed by atoms with Gasteiger partial charge in [0.1, 0.15) is 0 Å². The lowest BCUT2D eigenvalue weighted by Crippen LogP contribution is -2.30. The quantitative estimate of drug-likeness (QED) is 0.859. The van der Waals surface area contributed by atoms with E-state index in [-0.39, 0.29) is 6.04 Å². The molecular weight excluding hydrogens is 252 g/mol. The SMILES string of the molecule is CN(C)S(=O)ON1C[C@@H](N)c2ccc(C#N)cc21. The van der Waals surface area contributed by atoms with Gasteiger partial charge in [-0.1, -0.05) is 6.07 Å². The second kappa shape index (κ2) is 5.04. The highest BCUT2D eigenvalue weighted by Gasteiger charge is 2.29. The van der Waals surface area contributed by atoms with Crippen LogP contribution in [0.25, 0.3) is 0 Å². The zero-order valence-electron chi connectivity index (χ0n) is 10.2. The largest absolute Gasteiger partial charge is 0.322 e. The van der Waals surface area contributed by atoms with Gasteiger partial charge in [-0.15, -0.1) is 0 Å². The summed E-state index contributed by atoms with van der Waals surface area (Å²) in [5.41, 5.74) is 8.08. The number of hydroxylamine groups is 1. The van der Waals surface area contributed by atoms with E-state index >= 15 is 0 Å². The first-order valence-corrected chi connectivity index (χ1v) is 6.41. The van der Waals surface area contributed by atoms with Crippen LogP contribution in [0, 0.1) is 11.3 Å². The fraction of sp³-hybridized carbons (Fsp3) is 0.364. The first kappa shape index (κ1) is 13.0. The Hall–Kier alpha value is -1.46. The zero-order valence-corrected chi connectivity index (χ0v) is 11.0. The Kier molecular flexibility index (Phi) is 3.63. The summed E-state index contributed by atoms with van der Waals surface area (Å²) in [6.07, 6.45) is 0. The topological polar surface area (TPSA) is 82.6 Å². The van der Waals surface area contributed by atoms with Gasteiger partial charge in [0.2, 0.25) is 0 Å². The average Bonchev–Trinajstić information content (AvgIpc) is 2.65. The van der Waals surface area contributed by atoms with Crippen molar-refractivity contribution < 1.29 is 8.49 Å². The molecule has 6 nitrogen and oxygen atoms in total. The van der Waals surface area contributed by atoms with Crippen molar-refractivity contribution in [2.75, 3.05) is 25.7 Å². The van der Waals surface area contributed by atoms with Crippen LogP contribution in [0.5, 0.6) is 0 Å². The zero-order chi connectivity index (χ0) is 13.3. The summed E-state index contributed by atoms with van der Waals surface area (Å²) >= 11 is -1.57. The number of benzene rings is 1. The Bertz CT molecular complexity index is 526. The third kappa shape index (κ3) is 2.37. The Morgan fingerprint density at radius 3 is 2.94 bits per heavy atom. The summed E-state index contributed by atoms with van der Waals surface area (Å²) in [4.78, 5) is 0. The molecule has 0 saturated carbocycles. The van der Waals surface area contributed by atoms with Crippen LogP contribution in [-0.2, 0) is 15.6 Å². The summed E-state index contributed by atoms with van der Waals surface area (Å²) in [5.74, 6) is 0. The Balaban J connectivity index is 2.28. The van der Waals surface area contributed by atoms with Gasteiger partial charge in [0, 0.05) is 14.1 Å². The van der Waals surface area contributed by atoms with Crippen molar-refractivity contribution in [2.24, 2.45) is 5.73 Å². The van der Waals surface area contributed by atoms with Gasteiger partial charge in [-0.2, -0.15) is 9.55 Å². The molecule has 7 heteroatoms. The van der Waals surface area contributed by atoms with Crippen molar-refractivity contribution in [3.05, 3.63) is 29.3 Å². The molecule has 0 aromatic heterocycles. The van der Waals surface area contributed by atoms with Crippen molar-refractivity contribution in [1.82, 2.24) is 4.31 Å². The highest BCUT2D eigenvalue weighted by Crippen LogP contribution is 2.34. The molecule has 1 aliphatic heterocycles. The molecule has 18 heavy (non-hydrogen) atoms. The highest BCUT2D eigenvalue weighted by atomic mass is 32.2. The van der Waals surface area contributed by atoms with E-state index in [0.29, 0.717) is 17.8 Å². The van der Waals surface area contributed by atoms with Crippen molar-refractivity contribution in [2.45, 2.75) is 6.04 Å². The third-order valence-electron chi connectivity index (χ3n) is 2.64. The van der Waals surface area contributed by atoms with Crippen molar-refractivity contribution in [3.63, 3.8) is 0 Å². The second-order valence-electron chi connectivity index (χ2n) is 4.16. The van der Waals surface area contributed by atoms with Gasteiger partial charge in [0.15, 0.2) is 0 Å². The van der Waals surface area contributed by atoms with Crippen LogP contribution in [-0.4, -0.2) is 29.2 Å². The molecule has 0 saturated heterocycles. The fourth-order valence-corrected chi connectivity index (χ4v) is 2.16. The minimum absolute atomic E-state index is 0.202. The highest BCUT2D eigenvalue weighted by molar-refractivity contribution is 7.77. The molecule has 1 aliphatic rings. The monoisotopic (exact) mass is 266 g/mol. The maximum Gasteiger partial charge on any atom is 0.259 e. The smallest absolute Gasteiger partial charge is 0.259 e. The molecular formula is C11H14N4O2S. The fourth-order valence-electron chi connectivity index (χ4n) is 1.73. The third-order valence-corrected chi connectivity index (χ3v) is 3.55. The minimum atomic E-state index is -1.57. The summed E-state index contributed by atoms with van der Waals surface area (Å²) < 4.78 is 18.4. The van der Waals surface area contributed by atoms with E-state index in [1.54, 1.807) is 32.3 Å². The van der Waals surface area contributed by atoms with Crippen LogP contribution >= 0.6 is 0 Å². The van der Waals surface area contributed by atoms with E-state index in [2.05, 4.69) is 6.07 Å². The number of anilines is 1. The van der Waals surface area contributed by atoms with E-state index in [0.717, 1.165) is 5.56 Å². The van der Waals surface area contributed by atoms with Crippen LogP contribution in [0.1, 0.15) is 17.2 Å². The molecule has 0 amide bonds. The van der Waals surface area contributed by atoms with Gasteiger partial charge in [0.05, 0.1) is 29.9 Å². The summed E-state index contributed by atoms with van der Waals surface area (Å²) in [6.45, 7) is 0.420. The lowest BCUT2D eigenvalue weighted by molar-refractivity contribution is 0.291. The first-order valence-electron chi connectivity index (χ1n) is 5.37. The summed E-state index contributed by atoms with van der Waals surface area (Å²) in [7, 11) is 3.30. The standard InChI is InChI=1S/C11H14N4O2S/c1-14(2)18(16)17-15-7-10(13)9-4-3-8(6-12)5-11(9)15/h3-5,10H,7,13H2,1-2H3/t10-,18?/m1/s1. The summed E-state index contributed by atoms with van der Waals surface area (Å²) in [5, 5.41) is 10.4. The average molecular weight is 266 g/mol. The normalized spacial score (nSPS) is 19.7. The molecule has 2 N–H and O–H groups in total. The lowest BCUT2D eigenvalue weighted by atomic mass is 10.1. The molecule has 1 unspecified atom stereocenters. The number of nitrogens with two attached hydrogens (primary N) is 1. The molecule has 0 radical (unpaired) electrons. The van der Waals surface area contributed by atoms with E-state index in [1.807, 2.05) is 0 Å². The maximum absolute atomic E-state index is 11.6. The molecule has 0 bridgehead atoms. The number of hydrogen-bond acceptors (Lipinski definition) is 5. The van der Waals surface area contributed by atoms with E-state index in [1.165, 1.54) is 9.37 Å². The Morgan fingerprint density at radius 2 is 2.33 bits per heavy atom. The lowest BCUT2D eigenvalue weighted by Gasteiger charge is -2.19. The number of hydrogen-bond donors (Lipinski definition) is 1.